The van der Waals surface area contributed by atoms with Gasteiger partial charge in [-0.15, -0.1) is 35.3 Å². The number of guanidine groups is 1. The summed E-state index contributed by atoms with van der Waals surface area (Å²) in [5.74, 6) is 1.72. The number of hydrogen-bond acceptors (Lipinski definition) is 6. The van der Waals surface area contributed by atoms with Gasteiger partial charge in [-0.3, -0.25) is 4.68 Å². The molecule has 0 amide bonds. The van der Waals surface area contributed by atoms with Crippen molar-refractivity contribution >= 4 is 53.0 Å². The molecule has 0 aliphatic heterocycles. The van der Waals surface area contributed by atoms with Crippen LogP contribution in [-0.4, -0.2) is 51.2 Å². The van der Waals surface area contributed by atoms with E-state index in [0.29, 0.717) is 5.96 Å². The van der Waals surface area contributed by atoms with Crippen molar-refractivity contribution in [1.29, 1.82) is 0 Å². The lowest BCUT2D eigenvalue weighted by molar-refractivity contribution is 0.0672. The highest BCUT2D eigenvalue weighted by Gasteiger charge is 2.24. The Balaban J connectivity index is 0.00000338. The number of halogens is 1. The smallest absolute Gasteiger partial charge is 0.191 e. The minimum absolute atomic E-state index is 0. The van der Waals surface area contributed by atoms with E-state index >= 15 is 0 Å². The molecule has 0 saturated carbocycles. The predicted molar refractivity (Wildman–Crippen MR) is 120 cm³/mol. The van der Waals surface area contributed by atoms with Crippen LogP contribution < -0.4 is 10.6 Å². The number of aliphatic hydroxyl groups is 1. The van der Waals surface area contributed by atoms with Crippen molar-refractivity contribution in [3.05, 3.63) is 29.5 Å². The molecule has 146 valence electrons. The molecule has 0 saturated heterocycles. The summed E-state index contributed by atoms with van der Waals surface area (Å²) in [6.07, 6.45) is 6.32. The fraction of sp³-hybridized carbons (Fsp3) is 0.562. The quantitative estimate of drug-likeness (QED) is 0.158. The molecule has 2 aromatic heterocycles. The topological polar surface area (TPSA) is 87.4 Å². The lowest BCUT2D eigenvalue weighted by Crippen LogP contribution is -2.39. The Morgan fingerprint density at radius 2 is 2.27 bits per heavy atom. The first-order valence-corrected chi connectivity index (χ1v) is 10.1. The third-order valence-electron chi connectivity index (χ3n) is 3.46. The average molecular weight is 510 g/mol. The lowest BCUT2D eigenvalue weighted by atomic mass is 10.0. The van der Waals surface area contributed by atoms with Crippen molar-refractivity contribution in [1.82, 2.24) is 25.4 Å². The number of nitrogens with one attached hydrogen (secondary N) is 2. The molecule has 7 nitrogen and oxygen atoms in total. The van der Waals surface area contributed by atoms with E-state index < -0.39 is 5.60 Å². The second-order valence-corrected chi connectivity index (χ2v) is 8.04. The monoisotopic (exact) mass is 510 g/mol. The van der Waals surface area contributed by atoms with Gasteiger partial charge in [0.05, 0.1) is 12.7 Å². The number of hydrogen-bond donors (Lipinski definition) is 3. The SMILES string of the molecule is CCNC(=NCC(C)(O)c1cnn(C)c1)NCCCSc1nccs1.I. The minimum Gasteiger partial charge on any atom is -0.383 e. The molecule has 0 radical (unpaired) electrons. The Morgan fingerprint density at radius 3 is 2.88 bits per heavy atom. The third-order valence-corrected chi connectivity index (χ3v) is 5.52. The van der Waals surface area contributed by atoms with Gasteiger partial charge in [0.25, 0.3) is 0 Å². The molecule has 0 aliphatic carbocycles. The van der Waals surface area contributed by atoms with Crippen LogP contribution in [0.15, 0.2) is 33.3 Å². The molecule has 0 fully saturated rings. The van der Waals surface area contributed by atoms with Crippen molar-refractivity contribution in [3.8, 4) is 0 Å². The second kappa shape index (κ2) is 11.8. The van der Waals surface area contributed by atoms with Crippen LogP contribution in [-0.2, 0) is 12.6 Å². The van der Waals surface area contributed by atoms with E-state index in [9.17, 15) is 5.11 Å². The molecule has 2 rings (SSSR count). The molecular formula is C16H27IN6OS2. The van der Waals surface area contributed by atoms with Crippen LogP contribution in [0.2, 0.25) is 0 Å². The summed E-state index contributed by atoms with van der Waals surface area (Å²) in [5, 5.41) is 23.2. The van der Waals surface area contributed by atoms with E-state index in [1.807, 2.05) is 31.7 Å². The van der Waals surface area contributed by atoms with Gasteiger partial charge in [0.2, 0.25) is 0 Å². The summed E-state index contributed by atoms with van der Waals surface area (Å²) < 4.78 is 2.78. The average Bonchev–Trinajstić information content (AvgIpc) is 3.24. The van der Waals surface area contributed by atoms with Crippen molar-refractivity contribution in [2.24, 2.45) is 12.0 Å². The highest BCUT2D eigenvalue weighted by atomic mass is 127. The summed E-state index contributed by atoms with van der Waals surface area (Å²) in [6, 6.07) is 0. The number of rotatable bonds is 9. The Morgan fingerprint density at radius 1 is 1.46 bits per heavy atom. The number of nitrogens with zero attached hydrogens (tertiary/aromatic N) is 4. The van der Waals surface area contributed by atoms with E-state index in [1.54, 1.807) is 40.9 Å². The van der Waals surface area contributed by atoms with Crippen LogP contribution >= 0.6 is 47.1 Å². The highest BCUT2D eigenvalue weighted by molar-refractivity contribution is 14.0. The Hall–Kier alpha value is -0.850. The molecule has 0 aliphatic rings. The van der Waals surface area contributed by atoms with Crippen LogP contribution in [0.4, 0.5) is 0 Å². The Labute approximate surface area is 180 Å². The van der Waals surface area contributed by atoms with Gasteiger partial charge in [-0.1, -0.05) is 11.8 Å². The van der Waals surface area contributed by atoms with Crippen molar-refractivity contribution in [3.63, 3.8) is 0 Å². The van der Waals surface area contributed by atoms with Gasteiger partial charge in [0, 0.05) is 49.2 Å². The van der Waals surface area contributed by atoms with Gasteiger partial charge < -0.3 is 15.7 Å². The number of thioether (sulfide) groups is 1. The lowest BCUT2D eigenvalue weighted by Gasteiger charge is -2.20. The summed E-state index contributed by atoms with van der Waals surface area (Å²) >= 11 is 3.43. The fourth-order valence-corrected chi connectivity index (χ4v) is 3.73. The zero-order chi connectivity index (χ0) is 18.1. The molecule has 0 bridgehead atoms. The molecule has 0 aromatic carbocycles. The zero-order valence-electron chi connectivity index (χ0n) is 15.3. The van der Waals surface area contributed by atoms with Gasteiger partial charge in [-0.05, 0) is 20.3 Å². The van der Waals surface area contributed by atoms with Gasteiger partial charge in [-0.2, -0.15) is 5.10 Å². The number of thiazole rings is 1. The normalized spacial score (nSPS) is 13.8. The van der Waals surface area contributed by atoms with Crippen molar-refractivity contribution < 1.29 is 5.11 Å². The standard InChI is InChI=1S/C16H26N6OS2.HI/c1-4-17-14(18-6-5-8-24-15-19-7-9-25-15)20-12-16(2,23)13-10-21-22(3)11-13;/h7,9-11,23H,4-6,8,12H2,1-3H3,(H2,17,18,20);1H. The number of aromatic nitrogens is 3. The Bertz CT molecular complexity index is 660. The minimum atomic E-state index is -1.04. The maximum absolute atomic E-state index is 10.6. The molecule has 0 spiro atoms. The molecule has 1 atom stereocenters. The highest BCUT2D eigenvalue weighted by Crippen LogP contribution is 2.21. The number of aryl methyl sites for hydroxylation is 1. The van der Waals surface area contributed by atoms with E-state index in [2.05, 4.69) is 25.7 Å². The zero-order valence-corrected chi connectivity index (χ0v) is 19.3. The fourth-order valence-electron chi connectivity index (χ4n) is 2.09. The van der Waals surface area contributed by atoms with Crippen molar-refractivity contribution in [2.45, 2.75) is 30.2 Å². The van der Waals surface area contributed by atoms with Crippen LogP contribution in [0.3, 0.4) is 0 Å². The first-order valence-electron chi connectivity index (χ1n) is 8.27. The van der Waals surface area contributed by atoms with E-state index in [-0.39, 0.29) is 30.5 Å². The maximum Gasteiger partial charge on any atom is 0.191 e. The van der Waals surface area contributed by atoms with E-state index in [1.165, 1.54) is 0 Å². The summed E-state index contributed by atoms with van der Waals surface area (Å²) in [4.78, 5) is 8.76. The third kappa shape index (κ3) is 7.80. The van der Waals surface area contributed by atoms with E-state index in [0.717, 1.165) is 35.2 Å². The Kier molecular flexibility index (Phi) is 10.5. The van der Waals surface area contributed by atoms with Gasteiger partial charge in [0.15, 0.2) is 5.96 Å². The van der Waals surface area contributed by atoms with Gasteiger partial charge in [-0.25, -0.2) is 9.98 Å². The van der Waals surface area contributed by atoms with Gasteiger partial charge in [0.1, 0.15) is 9.94 Å². The van der Waals surface area contributed by atoms with Crippen LogP contribution in [0.1, 0.15) is 25.8 Å². The molecule has 2 heterocycles. The summed E-state index contributed by atoms with van der Waals surface area (Å²) in [7, 11) is 1.83. The van der Waals surface area contributed by atoms with Gasteiger partial charge >= 0.3 is 0 Å². The van der Waals surface area contributed by atoms with Crippen LogP contribution in [0, 0.1) is 0 Å². The number of aliphatic imine (C=N–C) groups is 1. The molecule has 1 unspecified atom stereocenters. The van der Waals surface area contributed by atoms with Crippen LogP contribution in [0.5, 0.6) is 0 Å². The first kappa shape index (κ1) is 23.2. The van der Waals surface area contributed by atoms with E-state index in [4.69, 9.17) is 0 Å². The molecule has 26 heavy (non-hydrogen) atoms. The summed E-state index contributed by atoms with van der Waals surface area (Å²) in [5.41, 5.74) is -0.286. The molecule has 2 aromatic rings. The first-order chi connectivity index (χ1) is 12.0. The van der Waals surface area contributed by atoms with Crippen molar-refractivity contribution in [2.75, 3.05) is 25.4 Å². The molecular weight excluding hydrogens is 483 g/mol. The predicted octanol–water partition coefficient (Wildman–Crippen LogP) is 2.44. The largest absolute Gasteiger partial charge is 0.383 e. The second-order valence-electron chi connectivity index (χ2n) is 5.80. The van der Waals surface area contributed by atoms with Crippen LogP contribution in [0.25, 0.3) is 0 Å². The maximum atomic E-state index is 10.6. The molecule has 3 N–H and O–H groups in total. The molecule has 10 heteroatoms. The summed E-state index contributed by atoms with van der Waals surface area (Å²) in [6.45, 7) is 5.63.